The summed E-state index contributed by atoms with van der Waals surface area (Å²) in [6.45, 7) is 9.36. The largest absolute Gasteiger partial charge is 0.289 e. The normalized spacial score (nSPS) is 36.2. The monoisotopic (exact) mass is 349 g/mol. The minimum absolute atomic E-state index is 0.0467. The number of para-hydroxylation sites is 1. The van der Waals surface area contributed by atoms with Gasteiger partial charge in [0.15, 0.2) is 11.3 Å². The lowest BCUT2D eigenvalue weighted by Crippen LogP contribution is -2.73. The maximum absolute atomic E-state index is 6.71. The van der Waals surface area contributed by atoms with Gasteiger partial charge in [0.05, 0.1) is 17.0 Å². The van der Waals surface area contributed by atoms with Crippen LogP contribution in [0.15, 0.2) is 42.5 Å². The summed E-state index contributed by atoms with van der Waals surface area (Å²) in [6, 6.07) is 15.5. The molecule has 1 fully saturated rings. The maximum Gasteiger partial charge on any atom is 0.197 e. The first kappa shape index (κ1) is 16.2. The predicted molar refractivity (Wildman–Crippen MR) is 105 cm³/mol. The summed E-state index contributed by atoms with van der Waals surface area (Å²) in [5, 5.41) is 0. The number of benzene rings is 2. The summed E-state index contributed by atoms with van der Waals surface area (Å²) in [5.74, 6) is 2.12. The minimum Gasteiger partial charge on any atom is -0.289 e. The van der Waals surface area contributed by atoms with E-state index in [0.717, 1.165) is 12.2 Å². The van der Waals surface area contributed by atoms with Crippen molar-refractivity contribution in [2.24, 2.45) is 5.92 Å². The molecule has 2 aromatic carbocycles. The third kappa shape index (κ3) is 1.59. The van der Waals surface area contributed by atoms with Crippen LogP contribution in [0.5, 0.6) is 5.75 Å². The fraction of sp³-hybridized carbons (Fsp3) is 0.478. The Bertz CT molecular complexity index is 907. The lowest BCUT2D eigenvalue weighted by molar-refractivity contribution is -1.08. The van der Waals surface area contributed by atoms with Crippen LogP contribution >= 0.6 is 0 Å². The molecule has 0 amide bonds. The first-order valence-electron chi connectivity index (χ1n) is 9.94. The second-order valence-corrected chi connectivity index (χ2v) is 8.87. The maximum atomic E-state index is 6.71. The lowest BCUT2D eigenvalue weighted by atomic mass is 9.60. The van der Waals surface area contributed by atoms with E-state index in [0.29, 0.717) is 16.6 Å². The highest BCUT2D eigenvalue weighted by molar-refractivity contribution is 5.61. The van der Waals surface area contributed by atoms with Crippen LogP contribution < -0.4 is 10.3 Å². The summed E-state index contributed by atoms with van der Waals surface area (Å²) in [5.41, 5.74) is 9.32. The van der Waals surface area contributed by atoms with Gasteiger partial charge in [0.25, 0.3) is 0 Å². The van der Waals surface area contributed by atoms with Gasteiger partial charge in [-0.2, -0.15) is 5.43 Å². The SMILES string of the molecule is CCC1(C(C)C)c2cc(C)ccc2O[N+]2(C)Nc3ccccc3C3C[C@@]312. The van der Waals surface area contributed by atoms with Gasteiger partial charge in [-0.1, -0.05) is 56.7 Å². The Morgan fingerprint density at radius 2 is 2.00 bits per heavy atom. The zero-order valence-corrected chi connectivity index (χ0v) is 16.5. The Morgan fingerprint density at radius 1 is 1.23 bits per heavy atom. The van der Waals surface area contributed by atoms with Gasteiger partial charge in [0.2, 0.25) is 0 Å². The quantitative estimate of drug-likeness (QED) is 0.741. The zero-order valence-electron chi connectivity index (χ0n) is 16.5. The van der Waals surface area contributed by atoms with E-state index in [1.54, 1.807) is 0 Å². The van der Waals surface area contributed by atoms with Crippen molar-refractivity contribution >= 4 is 5.69 Å². The van der Waals surface area contributed by atoms with Crippen LogP contribution in [0.1, 0.15) is 56.2 Å². The molecule has 2 aromatic rings. The Kier molecular flexibility index (Phi) is 3.01. The first-order valence-corrected chi connectivity index (χ1v) is 9.94. The number of rotatable bonds is 2. The van der Waals surface area contributed by atoms with Gasteiger partial charge in [-0.15, -0.1) is 0 Å². The van der Waals surface area contributed by atoms with Gasteiger partial charge in [-0.3, -0.25) is 4.84 Å². The number of nitrogens with one attached hydrogen (secondary N) is 1. The van der Waals surface area contributed by atoms with E-state index in [4.69, 9.17) is 4.84 Å². The van der Waals surface area contributed by atoms with Crippen molar-refractivity contribution in [1.82, 2.24) is 0 Å². The van der Waals surface area contributed by atoms with Crippen molar-refractivity contribution in [3.8, 4) is 5.75 Å². The van der Waals surface area contributed by atoms with Crippen molar-refractivity contribution < 1.29 is 9.59 Å². The third-order valence-corrected chi connectivity index (χ3v) is 7.58. The Labute approximate surface area is 156 Å². The van der Waals surface area contributed by atoms with Gasteiger partial charge in [0.1, 0.15) is 7.05 Å². The highest BCUT2D eigenvalue weighted by Gasteiger charge is 2.84. The molecular formula is C23H29N2O+. The topological polar surface area (TPSA) is 21.3 Å². The summed E-state index contributed by atoms with van der Waals surface area (Å²) in [6.07, 6.45) is 2.30. The third-order valence-electron chi connectivity index (χ3n) is 7.58. The molecule has 3 aliphatic rings. The van der Waals surface area contributed by atoms with E-state index in [2.05, 4.69) is 82.6 Å². The van der Waals surface area contributed by atoms with Crippen LogP contribution in [0.4, 0.5) is 5.69 Å². The zero-order chi connectivity index (χ0) is 18.3. The molecule has 0 radical (unpaired) electrons. The average Bonchev–Trinajstić information content (AvgIpc) is 3.36. The van der Waals surface area contributed by atoms with Gasteiger partial charge in [-0.25, -0.2) is 0 Å². The number of aryl methyl sites for hydroxylation is 1. The summed E-state index contributed by atoms with van der Waals surface area (Å²) >= 11 is 0. The van der Waals surface area contributed by atoms with E-state index in [1.165, 1.54) is 28.8 Å². The van der Waals surface area contributed by atoms with Crippen LogP contribution in [0.25, 0.3) is 0 Å². The highest BCUT2D eigenvalue weighted by Crippen LogP contribution is 2.74. The van der Waals surface area contributed by atoms with Crippen LogP contribution in [-0.4, -0.2) is 17.3 Å². The second kappa shape index (κ2) is 4.83. The van der Waals surface area contributed by atoms with Crippen LogP contribution in [0.3, 0.4) is 0 Å². The molecule has 1 saturated carbocycles. The molecule has 0 saturated heterocycles. The van der Waals surface area contributed by atoms with E-state index in [9.17, 15) is 0 Å². The molecule has 136 valence electrons. The standard InChI is InChI=1S/C23H29N2O/c1-6-22(15(2)3)18-13-16(4)11-12-21(18)26-25(5)23(22)14-19(23)17-9-7-8-10-20(17)24-25/h7-13,15,19,24H,6,14H2,1-5H3/q+1/t19?,22?,23-,25?/m1/s1. The summed E-state index contributed by atoms with van der Waals surface area (Å²) in [4.78, 5) is 6.71. The lowest BCUT2D eigenvalue weighted by Gasteiger charge is -2.56. The number of fused-ring (bicyclic) bond motifs is 3. The smallest absolute Gasteiger partial charge is 0.197 e. The van der Waals surface area contributed by atoms with Crippen LogP contribution in [0, 0.1) is 12.8 Å². The molecular weight excluding hydrogens is 320 g/mol. The first-order chi connectivity index (χ1) is 12.4. The van der Waals surface area contributed by atoms with Crippen LogP contribution in [0.2, 0.25) is 0 Å². The summed E-state index contributed by atoms with van der Waals surface area (Å²) < 4.78 is 0.455. The molecule has 1 aliphatic carbocycles. The van der Waals surface area contributed by atoms with Crippen molar-refractivity contribution in [2.75, 3.05) is 12.5 Å². The highest BCUT2D eigenvalue weighted by atomic mass is 16.8. The number of hydrogen-bond acceptors (Lipinski definition) is 2. The molecule has 5 rings (SSSR count). The molecule has 2 heterocycles. The van der Waals surface area contributed by atoms with Crippen LogP contribution in [-0.2, 0) is 5.41 Å². The summed E-state index contributed by atoms with van der Waals surface area (Å²) in [7, 11) is 2.23. The Hall–Kier alpha value is -2.00. The Morgan fingerprint density at radius 3 is 2.73 bits per heavy atom. The Balaban J connectivity index is 1.82. The molecule has 1 N–H and O–H groups in total. The minimum atomic E-state index is 0.0467. The fourth-order valence-corrected chi connectivity index (χ4v) is 6.52. The second-order valence-electron chi connectivity index (χ2n) is 8.87. The average molecular weight is 349 g/mol. The molecule has 0 bridgehead atoms. The van der Waals surface area contributed by atoms with Crippen molar-refractivity contribution in [2.45, 2.75) is 57.4 Å². The van der Waals surface area contributed by atoms with Crippen molar-refractivity contribution in [1.29, 1.82) is 0 Å². The molecule has 2 aliphatic heterocycles. The van der Waals surface area contributed by atoms with E-state index >= 15 is 0 Å². The number of likely N-dealkylation sites (N-methyl/N-ethyl adjacent to an activating group) is 1. The number of anilines is 1. The number of quaternary nitrogens is 1. The molecule has 3 heteroatoms. The number of hydroxylamine groups is 2. The molecule has 3 unspecified atom stereocenters. The van der Waals surface area contributed by atoms with Gasteiger partial charge in [-0.05, 0) is 41.7 Å². The van der Waals surface area contributed by atoms with Crippen molar-refractivity contribution in [3.05, 3.63) is 59.2 Å². The molecule has 0 aromatic heterocycles. The van der Waals surface area contributed by atoms with Crippen molar-refractivity contribution in [3.63, 3.8) is 0 Å². The molecule has 4 atom stereocenters. The fourth-order valence-electron chi connectivity index (χ4n) is 6.52. The number of nitrogens with zero attached hydrogens (tertiary/aromatic N) is 1. The van der Waals surface area contributed by atoms with E-state index in [-0.39, 0.29) is 11.0 Å². The van der Waals surface area contributed by atoms with E-state index in [1.807, 2.05) is 0 Å². The molecule has 1 spiro atoms. The predicted octanol–water partition coefficient (Wildman–Crippen LogP) is 5.32. The molecule has 3 nitrogen and oxygen atoms in total. The van der Waals surface area contributed by atoms with Gasteiger partial charge >= 0.3 is 0 Å². The van der Waals surface area contributed by atoms with Gasteiger partial charge in [0, 0.05) is 12.0 Å². The van der Waals surface area contributed by atoms with E-state index < -0.39 is 0 Å². The molecule has 26 heavy (non-hydrogen) atoms. The number of hydrogen-bond donors (Lipinski definition) is 1. The van der Waals surface area contributed by atoms with Gasteiger partial charge < -0.3 is 0 Å².